The topological polar surface area (TPSA) is 61.4 Å². The van der Waals surface area contributed by atoms with Gasteiger partial charge in [0.1, 0.15) is 0 Å². The maximum Gasteiger partial charge on any atom is 0.319 e. The van der Waals surface area contributed by atoms with Crippen LogP contribution in [0.4, 0.5) is 10.5 Å². The summed E-state index contributed by atoms with van der Waals surface area (Å²) in [7, 11) is 0. The van der Waals surface area contributed by atoms with Crippen molar-refractivity contribution in [3.63, 3.8) is 0 Å². The van der Waals surface area contributed by atoms with Gasteiger partial charge in [-0.3, -0.25) is 0 Å². The van der Waals surface area contributed by atoms with Gasteiger partial charge in [0.25, 0.3) is 0 Å². The molecule has 1 atom stereocenters. The Kier molecular flexibility index (Phi) is 5.60. The molecule has 0 aliphatic carbocycles. The summed E-state index contributed by atoms with van der Waals surface area (Å²) in [6.07, 6.45) is 0.575. The average molecular weight is 305 g/mol. The van der Waals surface area contributed by atoms with Gasteiger partial charge in [0.05, 0.1) is 12.6 Å². The maximum atomic E-state index is 11.9. The van der Waals surface area contributed by atoms with E-state index in [2.05, 4.69) is 10.6 Å². The number of nitrogens with one attached hydrogen (secondary N) is 2. The van der Waals surface area contributed by atoms with Gasteiger partial charge in [-0.15, -0.1) is 0 Å². The molecule has 0 spiro atoms. The Morgan fingerprint density at radius 3 is 2.38 bits per heavy atom. The van der Waals surface area contributed by atoms with Crippen molar-refractivity contribution in [3.8, 4) is 0 Å². The van der Waals surface area contributed by atoms with Gasteiger partial charge in [-0.2, -0.15) is 0 Å². The molecule has 2 rings (SSSR count). The average Bonchev–Trinajstić information content (AvgIpc) is 2.50. The van der Waals surface area contributed by atoms with Crippen LogP contribution in [-0.2, 0) is 6.42 Å². The number of aliphatic hydroxyl groups is 1. The van der Waals surface area contributed by atoms with Gasteiger partial charge < -0.3 is 15.7 Å². The molecule has 0 unspecified atom stereocenters. The Bertz CT molecular complexity index is 573. The van der Waals surface area contributed by atoms with Crippen LogP contribution < -0.4 is 10.6 Å². The molecule has 4 nitrogen and oxygen atoms in total. The van der Waals surface area contributed by atoms with Crippen LogP contribution in [0.3, 0.4) is 0 Å². The van der Waals surface area contributed by atoms with Gasteiger partial charge in [-0.05, 0) is 36.2 Å². The number of carbonyl (C=O) groups is 1. The van der Waals surface area contributed by atoms with Gasteiger partial charge in [-0.1, -0.05) is 41.9 Å². The smallest absolute Gasteiger partial charge is 0.319 e. The number of urea groups is 1. The van der Waals surface area contributed by atoms with Crippen LogP contribution in [0.1, 0.15) is 5.56 Å². The second-order valence-corrected chi connectivity index (χ2v) is 5.11. The number of hydrogen-bond donors (Lipinski definition) is 3. The van der Waals surface area contributed by atoms with Crippen LogP contribution in [0.15, 0.2) is 54.6 Å². The molecule has 2 amide bonds. The first-order valence-corrected chi connectivity index (χ1v) is 7.03. The van der Waals surface area contributed by atoms with E-state index in [4.69, 9.17) is 11.6 Å². The minimum absolute atomic E-state index is 0.122. The van der Waals surface area contributed by atoms with Gasteiger partial charge >= 0.3 is 6.03 Å². The van der Waals surface area contributed by atoms with Crippen molar-refractivity contribution < 1.29 is 9.90 Å². The van der Waals surface area contributed by atoms with E-state index in [-0.39, 0.29) is 18.7 Å². The first-order chi connectivity index (χ1) is 10.2. The van der Waals surface area contributed by atoms with Crippen molar-refractivity contribution in [2.24, 2.45) is 0 Å². The Hall–Kier alpha value is -2.04. The summed E-state index contributed by atoms with van der Waals surface area (Å²) >= 11 is 5.78. The van der Waals surface area contributed by atoms with Gasteiger partial charge in [0, 0.05) is 10.7 Å². The molecule has 0 saturated heterocycles. The predicted octanol–water partition coefficient (Wildman–Crippen LogP) is 3.07. The van der Waals surface area contributed by atoms with Crippen molar-refractivity contribution in [2.45, 2.75) is 12.5 Å². The summed E-state index contributed by atoms with van der Waals surface area (Å²) < 4.78 is 0. The summed E-state index contributed by atoms with van der Waals surface area (Å²) in [6.45, 7) is -0.122. The zero-order valence-corrected chi connectivity index (χ0v) is 12.2. The lowest BCUT2D eigenvalue weighted by molar-refractivity contribution is 0.224. The number of benzene rings is 2. The summed E-state index contributed by atoms with van der Waals surface area (Å²) in [5, 5.41) is 15.4. The van der Waals surface area contributed by atoms with Crippen LogP contribution in [0.25, 0.3) is 0 Å². The molecule has 0 radical (unpaired) electrons. The van der Waals surface area contributed by atoms with Gasteiger partial charge in [0.2, 0.25) is 0 Å². The lowest BCUT2D eigenvalue weighted by Crippen LogP contribution is -2.41. The third-order valence-electron chi connectivity index (χ3n) is 2.98. The van der Waals surface area contributed by atoms with E-state index in [1.54, 1.807) is 24.3 Å². The molecule has 0 heterocycles. The van der Waals surface area contributed by atoms with Crippen LogP contribution in [0.5, 0.6) is 0 Å². The second-order valence-electron chi connectivity index (χ2n) is 4.67. The molecule has 2 aromatic rings. The Morgan fingerprint density at radius 1 is 1.10 bits per heavy atom. The second kappa shape index (κ2) is 7.67. The van der Waals surface area contributed by atoms with Gasteiger partial charge in [-0.25, -0.2) is 4.79 Å². The molecule has 0 aromatic heterocycles. The molecule has 2 aromatic carbocycles. The van der Waals surface area contributed by atoms with Crippen molar-refractivity contribution in [2.75, 3.05) is 11.9 Å². The predicted molar refractivity (Wildman–Crippen MR) is 84.6 cm³/mol. The summed E-state index contributed by atoms with van der Waals surface area (Å²) in [5.41, 5.74) is 1.71. The normalized spacial score (nSPS) is 11.7. The fraction of sp³-hybridized carbons (Fsp3) is 0.188. The standard InChI is InChI=1S/C16H17ClN2O2/c17-13-6-8-14(9-7-13)18-16(21)19-15(11-20)10-12-4-2-1-3-5-12/h1-9,15,20H,10-11H2,(H2,18,19,21)/t15-/m0/s1. The number of aliphatic hydroxyl groups excluding tert-OH is 1. The summed E-state index contributed by atoms with van der Waals surface area (Å²) in [5.74, 6) is 0. The van der Waals surface area contributed by atoms with Gasteiger partial charge in [0.15, 0.2) is 0 Å². The minimum atomic E-state index is -0.354. The van der Waals surface area contributed by atoms with Crippen LogP contribution >= 0.6 is 11.6 Å². The number of amides is 2. The fourth-order valence-electron chi connectivity index (χ4n) is 1.95. The number of hydrogen-bond acceptors (Lipinski definition) is 2. The van der Waals surface area contributed by atoms with E-state index in [1.165, 1.54) is 0 Å². The highest BCUT2D eigenvalue weighted by molar-refractivity contribution is 6.30. The minimum Gasteiger partial charge on any atom is -0.394 e. The number of carbonyl (C=O) groups excluding carboxylic acids is 1. The van der Waals surface area contributed by atoms with E-state index in [0.29, 0.717) is 17.1 Å². The van der Waals surface area contributed by atoms with E-state index in [1.807, 2.05) is 30.3 Å². The third kappa shape index (κ3) is 5.10. The van der Waals surface area contributed by atoms with Crippen LogP contribution in [0, 0.1) is 0 Å². The molecule has 0 aliphatic heterocycles. The maximum absolute atomic E-state index is 11.9. The molecule has 3 N–H and O–H groups in total. The molecule has 0 fully saturated rings. The zero-order chi connectivity index (χ0) is 15.1. The lowest BCUT2D eigenvalue weighted by Gasteiger charge is -2.17. The van der Waals surface area contributed by atoms with Crippen molar-refractivity contribution >= 4 is 23.3 Å². The molecular weight excluding hydrogens is 288 g/mol. The Labute approximate surface area is 128 Å². The molecule has 5 heteroatoms. The summed E-state index contributed by atoms with van der Waals surface area (Å²) in [6, 6.07) is 15.8. The zero-order valence-electron chi connectivity index (χ0n) is 11.4. The highest BCUT2D eigenvalue weighted by Gasteiger charge is 2.12. The lowest BCUT2D eigenvalue weighted by atomic mass is 10.1. The molecule has 0 bridgehead atoms. The highest BCUT2D eigenvalue weighted by Crippen LogP contribution is 2.13. The Balaban J connectivity index is 1.89. The Morgan fingerprint density at radius 2 is 1.76 bits per heavy atom. The number of halogens is 1. The first kappa shape index (κ1) is 15.4. The monoisotopic (exact) mass is 304 g/mol. The van der Waals surface area contributed by atoms with Crippen molar-refractivity contribution in [1.82, 2.24) is 5.32 Å². The highest BCUT2D eigenvalue weighted by atomic mass is 35.5. The summed E-state index contributed by atoms with van der Waals surface area (Å²) in [4.78, 5) is 11.9. The fourth-order valence-corrected chi connectivity index (χ4v) is 2.07. The van der Waals surface area contributed by atoms with Crippen LogP contribution in [-0.4, -0.2) is 23.8 Å². The molecule has 21 heavy (non-hydrogen) atoms. The van der Waals surface area contributed by atoms with Crippen molar-refractivity contribution in [3.05, 3.63) is 65.2 Å². The first-order valence-electron chi connectivity index (χ1n) is 6.65. The molecule has 0 saturated carbocycles. The van der Waals surface area contributed by atoms with E-state index < -0.39 is 0 Å². The molecular formula is C16H17ClN2O2. The van der Waals surface area contributed by atoms with E-state index >= 15 is 0 Å². The largest absolute Gasteiger partial charge is 0.394 e. The third-order valence-corrected chi connectivity index (χ3v) is 3.23. The SMILES string of the molecule is O=C(Nc1ccc(Cl)cc1)N[C@H](CO)Cc1ccccc1. The van der Waals surface area contributed by atoms with E-state index in [0.717, 1.165) is 5.56 Å². The quantitative estimate of drug-likeness (QED) is 0.795. The molecule has 0 aliphatic rings. The number of rotatable bonds is 5. The number of anilines is 1. The molecule has 110 valence electrons. The van der Waals surface area contributed by atoms with E-state index in [9.17, 15) is 9.90 Å². The van der Waals surface area contributed by atoms with Crippen LogP contribution in [0.2, 0.25) is 5.02 Å². The van der Waals surface area contributed by atoms with Crippen molar-refractivity contribution in [1.29, 1.82) is 0 Å².